The Morgan fingerprint density at radius 1 is 1.05 bits per heavy atom. The largest absolute Gasteiger partial charge is 0.497 e. The van der Waals surface area contributed by atoms with Gasteiger partial charge in [0.05, 0.1) is 14.2 Å². The third-order valence-electron chi connectivity index (χ3n) is 4.06. The summed E-state index contributed by atoms with van der Waals surface area (Å²) in [6, 6.07) is 17.2. The predicted octanol–water partition coefficient (Wildman–Crippen LogP) is 3.35. The van der Waals surface area contributed by atoms with Crippen LogP contribution in [0, 0.1) is 0 Å². The monoisotopic (exact) mass is 283 g/mol. The van der Waals surface area contributed by atoms with Crippen LogP contribution in [0.3, 0.4) is 0 Å². The molecule has 1 saturated carbocycles. The van der Waals surface area contributed by atoms with E-state index in [2.05, 4.69) is 35.6 Å². The Morgan fingerprint density at radius 3 is 2.57 bits per heavy atom. The van der Waals surface area contributed by atoms with Crippen molar-refractivity contribution in [2.75, 3.05) is 14.2 Å². The second kappa shape index (κ2) is 6.19. The van der Waals surface area contributed by atoms with E-state index in [9.17, 15) is 0 Å². The highest BCUT2D eigenvalue weighted by Gasteiger charge is 2.37. The second-order valence-corrected chi connectivity index (χ2v) is 5.42. The molecule has 1 N–H and O–H groups in total. The predicted molar refractivity (Wildman–Crippen MR) is 84.0 cm³/mol. The topological polar surface area (TPSA) is 30.5 Å². The number of hydrogen-bond donors (Lipinski definition) is 1. The minimum atomic E-state index is 0.559. The van der Waals surface area contributed by atoms with E-state index < -0.39 is 0 Å². The molecule has 1 aliphatic rings. The van der Waals surface area contributed by atoms with Crippen molar-refractivity contribution in [3.05, 3.63) is 59.7 Å². The van der Waals surface area contributed by atoms with Gasteiger partial charge in [0.25, 0.3) is 0 Å². The minimum Gasteiger partial charge on any atom is -0.497 e. The van der Waals surface area contributed by atoms with Gasteiger partial charge in [-0.05, 0) is 30.2 Å². The zero-order valence-corrected chi connectivity index (χ0v) is 12.5. The fourth-order valence-corrected chi connectivity index (χ4v) is 2.75. The van der Waals surface area contributed by atoms with E-state index in [0.29, 0.717) is 12.0 Å². The quantitative estimate of drug-likeness (QED) is 0.882. The summed E-state index contributed by atoms with van der Waals surface area (Å²) in [4.78, 5) is 0. The molecule has 0 aliphatic heterocycles. The molecule has 2 aromatic carbocycles. The van der Waals surface area contributed by atoms with Crippen molar-refractivity contribution in [2.45, 2.75) is 24.9 Å². The molecule has 0 saturated heterocycles. The van der Waals surface area contributed by atoms with E-state index in [4.69, 9.17) is 9.47 Å². The van der Waals surface area contributed by atoms with Gasteiger partial charge in [-0.1, -0.05) is 30.3 Å². The molecule has 0 aromatic heterocycles. The SMILES string of the molecule is COc1ccc(OC)c(CNC2CC2c2ccccc2)c1. The van der Waals surface area contributed by atoms with Crippen molar-refractivity contribution in [1.29, 1.82) is 0 Å². The molecule has 0 heterocycles. The van der Waals surface area contributed by atoms with Gasteiger partial charge in [0.1, 0.15) is 11.5 Å². The standard InChI is InChI=1S/C18H21NO2/c1-20-15-8-9-18(21-2)14(10-15)12-19-17-11-16(17)13-6-4-3-5-7-13/h3-10,16-17,19H,11-12H2,1-2H3. The maximum atomic E-state index is 5.41. The normalized spacial score (nSPS) is 20.1. The number of nitrogens with one attached hydrogen (secondary N) is 1. The van der Waals surface area contributed by atoms with Crippen LogP contribution in [-0.4, -0.2) is 20.3 Å². The van der Waals surface area contributed by atoms with Crippen molar-refractivity contribution < 1.29 is 9.47 Å². The molecule has 110 valence electrons. The van der Waals surface area contributed by atoms with Crippen molar-refractivity contribution in [2.24, 2.45) is 0 Å². The molecule has 3 nitrogen and oxygen atoms in total. The molecule has 1 aliphatic carbocycles. The zero-order chi connectivity index (χ0) is 14.7. The molecule has 2 aromatic rings. The first-order valence-corrected chi connectivity index (χ1v) is 7.31. The highest BCUT2D eigenvalue weighted by atomic mass is 16.5. The second-order valence-electron chi connectivity index (χ2n) is 5.42. The van der Waals surface area contributed by atoms with Gasteiger partial charge < -0.3 is 14.8 Å². The van der Waals surface area contributed by atoms with E-state index in [0.717, 1.165) is 23.6 Å². The van der Waals surface area contributed by atoms with Crippen LogP contribution in [0.25, 0.3) is 0 Å². The van der Waals surface area contributed by atoms with E-state index in [1.807, 2.05) is 18.2 Å². The van der Waals surface area contributed by atoms with Crippen LogP contribution in [0.4, 0.5) is 0 Å². The molecular weight excluding hydrogens is 262 g/mol. The molecule has 3 rings (SSSR count). The van der Waals surface area contributed by atoms with Gasteiger partial charge in [0.2, 0.25) is 0 Å². The third kappa shape index (κ3) is 3.19. The average Bonchev–Trinajstić information content (AvgIpc) is 3.33. The van der Waals surface area contributed by atoms with Crippen molar-refractivity contribution >= 4 is 0 Å². The fourth-order valence-electron chi connectivity index (χ4n) is 2.75. The van der Waals surface area contributed by atoms with Crippen LogP contribution >= 0.6 is 0 Å². The first-order valence-electron chi connectivity index (χ1n) is 7.31. The molecular formula is C18H21NO2. The van der Waals surface area contributed by atoms with E-state index in [1.165, 1.54) is 12.0 Å². The number of benzene rings is 2. The molecule has 2 atom stereocenters. The fraction of sp³-hybridized carbons (Fsp3) is 0.333. The van der Waals surface area contributed by atoms with Gasteiger partial charge in [0, 0.05) is 24.1 Å². The molecule has 2 unspecified atom stereocenters. The van der Waals surface area contributed by atoms with E-state index >= 15 is 0 Å². The summed E-state index contributed by atoms with van der Waals surface area (Å²) >= 11 is 0. The van der Waals surface area contributed by atoms with Gasteiger partial charge in [-0.15, -0.1) is 0 Å². The summed E-state index contributed by atoms with van der Waals surface area (Å²) in [6.07, 6.45) is 1.20. The minimum absolute atomic E-state index is 0.559. The van der Waals surface area contributed by atoms with Gasteiger partial charge in [-0.25, -0.2) is 0 Å². The Hall–Kier alpha value is -2.00. The average molecular weight is 283 g/mol. The lowest BCUT2D eigenvalue weighted by atomic mass is 10.1. The summed E-state index contributed by atoms with van der Waals surface area (Å²) in [7, 11) is 3.39. The van der Waals surface area contributed by atoms with Gasteiger partial charge in [-0.3, -0.25) is 0 Å². The maximum absolute atomic E-state index is 5.41. The summed E-state index contributed by atoms with van der Waals surface area (Å²) in [5.74, 6) is 2.41. The first-order chi connectivity index (χ1) is 10.3. The van der Waals surface area contributed by atoms with Crippen LogP contribution in [0.2, 0.25) is 0 Å². The van der Waals surface area contributed by atoms with Crippen molar-refractivity contribution in [1.82, 2.24) is 5.32 Å². The number of rotatable bonds is 6. The maximum Gasteiger partial charge on any atom is 0.123 e. The lowest BCUT2D eigenvalue weighted by Crippen LogP contribution is -2.17. The summed E-state index contributed by atoms with van der Waals surface area (Å²) in [6.45, 7) is 0.800. The van der Waals surface area contributed by atoms with Gasteiger partial charge in [-0.2, -0.15) is 0 Å². The number of ether oxygens (including phenoxy) is 2. The Morgan fingerprint density at radius 2 is 1.86 bits per heavy atom. The Balaban J connectivity index is 1.61. The lowest BCUT2D eigenvalue weighted by molar-refractivity contribution is 0.397. The summed E-state index contributed by atoms with van der Waals surface area (Å²) in [5, 5.41) is 3.61. The molecule has 0 bridgehead atoms. The third-order valence-corrected chi connectivity index (χ3v) is 4.06. The van der Waals surface area contributed by atoms with Crippen molar-refractivity contribution in [3.63, 3.8) is 0 Å². The Kier molecular flexibility index (Phi) is 4.11. The van der Waals surface area contributed by atoms with E-state index in [1.54, 1.807) is 14.2 Å². The number of hydrogen-bond acceptors (Lipinski definition) is 3. The van der Waals surface area contributed by atoms with E-state index in [-0.39, 0.29) is 0 Å². The molecule has 1 fully saturated rings. The van der Waals surface area contributed by atoms with Crippen LogP contribution in [0.5, 0.6) is 11.5 Å². The summed E-state index contributed by atoms with van der Waals surface area (Å²) < 4.78 is 10.7. The molecule has 0 amide bonds. The smallest absolute Gasteiger partial charge is 0.123 e. The Labute approximate surface area is 125 Å². The summed E-state index contributed by atoms with van der Waals surface area (Å²) in [5.41, 5.74) is 2.56. The highest BCUT2D eigenvalue weighted by Crippen LogP contribution is 2.41. The van der Waals surface area contributed by atoms with Gasteiger partial charge >= 0.3 is 0 Å². The molecule has 3 heteroatoms. The lowest BCUT2D eigenvalue weighted by Gasteiger charge is -2.11. The van der Waals surface area contributed by atoms with Crippen LogP contribution < -0.4 is 14.8 Å². The van der Waals surface area contributed by atoms with Crippen LogP contribution in [0.15, 0.2) is 48.5 Å². The van der Waals surface area contributed by atoms with Gasteiger partial charge in [0.15, 0.2) is 0 Å². The molecule has 0 spiro atoms. The number of methoxy groups -OCH3 is 2. The Bertz CT molecular complexity index is 597. The molecule has 0 radical (unpaired) electrons. The highest BCUT2D eigenvalue weighted by molar-refractivity contribution is 5.40. The van der Waals surface area contributed by atoms with Crippen LogP contribution in [0.1, 0.15) is 23.5 Å². The van der Waals surface area contributed by atoms with Crippen LogP contribution in [-0.2, 0) is 6.54 Å². The zero-order valence-electron chi connectivity index (χ0n) is 12.5. The first kappa shape index (κ1) is 14.0. The molecule has 21 heavy (non-hydrogen) atoms. The van der Waals surface area contributed by atoms with Crippen molar-refractivity contribution in [3.8, 4) is 11.5 Å².